The second-order valence-electron chi connectivity index (χ2n) is 11.4. The molecule has 2 fully saturated rings. The summed E-state index contributed by atoms with van der Waals surface area (Å²) >= 11 is 0. The number of hydrogen-bond donors (Lipinski definition) is 1. The van der Waals surface area contributed by atoms with Gasteiger partial charge in [-0.25, -0.2) is 0 Å². The third kappa shape index (κ3) is 7.27. The van der Waals surface area contributed by atoms with Gasteiger partial charge in [-0.3, -0.25) is 24.3 Å². The van der Waals surface area contributed by atoms with E-state index >= 15 is 0 Å². The van der Waals surface area contributed by atoms with Gasteiger partial charge in [0.1, 0.15) is 11.4 Å². The lowest BCUT2D eigenvalue weighted by atomic mass is 9.88. The van der Waals surface area contributed by atoms with E-state index in [2.05, 4.69) is 21.3 Å². The summed E-state index contributed by atoms with van der Waals surface area (Å²) in [7, 11) is 1.59. The molecule has 9 nitrogen and oxygen atoms in total. The number of pyridine rings is 1. The monoisotopic (exact) mass is 579 g/mol. The number of carbonyl (C=O) groups excluding carboxylic acids is 3. The zero-order chi connectivity index (χ0) is 30.3. The van der Waals surface area contributed by atoms with E-state index in [1.165, 1.54) is 11.8 Å². The number of ketones is 1. The number of hydrogen-bond acceptors (Lipinski definition) is 7. The summed E-state index contributed by atoms with van der Waals surface area (Å²) in [5.41, 5.74) is 3.98. The van der Waals surface area contributed by atoms with E-state index in [1.807, 2.05) is 31.2 Å². The summed E-state index contributed by atoms with van der Waals surface area (Å²) in [4.78, 5) is 47.7. The molecule has 2 aliphatic heterocycles. The molecule has 0 unspecified atom stereocenters. The highest BCUT2D eigenvalue weighted by Crippen LogP contribution is 2.24. The van der Waals surface area contributed by atoms with Crippen LogP contribution in [0.1, 0.15) is 73.6 Å². The number of Topliss-reactive ketones (excluding diaryl/α,β-unsaturated/α-hetero) is 1. The second-order valence-corrected chi connectivity index (χ2v) is 11.4. The van der Waals surface area contributed by atoms with Crippen LogP contribution in [-0.4, -0.2) is 71.7 Å². The number of nitriles is 1. The normalized spacial score (nSPS) is 16.3. The minimum Gasteiger partial charge on any atom is -0.497 e. The molecule has 5 rings (SSSR count). The molecular weight excluding hydrogens is 542 g/mol. The van der Waals surface area contributed by atoms with E-state index in [4.69, 9.17) is 10.00 Å². The molecule has 0 aliphatic carbocycles. The molecular formula is C34H37N5O4. The minimum atomic E-state index is -0.181. The lowest BCUT2D eigenvalue weighted by Gasteiger charge is -2.32. The summed E-state index contributed by atoms with van der Waals surface area (Å²) in [5, 5.41) is 12.1. The molecule has 0 radical (unpaired) electrons. The van der Waals surface area contributed by atoms with Gasteiger partial charge in [0.2, 0.25) is 0 Å². The Labute approximate surface area is 252 Å². The van der Waals surface area contributed by atoms with E-state index in [-0.39, 0.29) is 29.6 Å². The minimum absolute atomic E-state index is 0.0762. The van der Waals surface area contributed by atoms with Crippen molar-refractivity contribution in [3.05, 3.63) is 94.3 Å². The largest absolute Gasteiger partial charge is 0.497 e. The predicted molar refractivity (Wildman–Crippen MR) is 162 cm³/mol. The van der Waals surface area contributed by atoms with Crippen LogP contribution < -0.4 is 10.1 Å². The number of carbonyl (C=O) groups is 3. The van der Waals surface area contributed by atoms with E-state index in [0.29, 0.717) is 59.6 Å². The maximum Gasteiger partial charge on any atom is 0.272 e. The molecule has 2 aromatic carbocycles. The zero-order valence-electron chi connectivity index (χ0n) is 24.7. The van der Waals surface area contributed by atoms with E-state index in [0.717, 1.165) is 32.5 Å². The van der Waals surface area contributed by atoms with Gasteiger partial charge in [-0.05, 0) is 86.2 Å². The fraction of sp³-hybridized carbons (Fsp3) is 0.382. The van der Waals surface area contributed by atoms with Crippen LogP contribution in [0.2, 0.25) is 0 Å². The summed E-state index contributed by atoms with van der Waals surface area (Å²) in [5.74, 6) is 0.325. The molecule has 2 amide bonds. The highest BCUT2D eigenvalue weighted by molar-refractivity contribution is 5.99. The highest BCUT2D eigenvalue weighted by Gasteiger charge is 2.29. The summed E-state index contributed by atoms with van der Waals surface area (Å²) in [6.07, 6.45) is 4.40. The van der Waals surface area contributed by atoms with Crippen molar-refractivity contribution in [2.75, 3.05) is 33.3 Å². The molecule has 1 aromatic heterocycles. The lowest BCUT2D eigenvalue weighted by molar-refractivity contribution is 0.0645. The van der Waals surface area contributed by atoms with Crippen LogP contribution in [0.25, 0.3) is 0 Å². The molecule has 3 heterocycles. The number of aryl methyl sites for hydroxylation is 1. The average molecular weight is 580 g/mol. The number of piperidine rings is 2. The zero-order valence-corrected chi connectivity index (χ0v) is 24.7. The van der Waals surface area contributed by atoms with Gasteiger partial charge in [-0.2, -0.15) is 5.26 Å². The molecule has 3 aromatic rings. The van der Waals surface area contributed by atoms with Crippen molar-refractivity contribution < 1.29 is 19.1 Å². The summed E-state index contributed by atoms with van der Waals surface area (Å²) < 4.78 is 5.17. The topological polar surface area (TPSA) is 116 Å². The number of amides is 2. The molecule has 0 bridgehead atoms. The van der Waals surface area contributed by atoms with Crippen LogP contribution in [0.4, 0.5) is 0 Å². The number of rotatable bonds is 8. The summed E-state index contributed by atoms with van der Waals surface area (Å²) in [6, 6.07) is 18.7. The first-order chi connectivity index (χ1) is 20.8. The third-order valence-corrected chi connectivity index (χ3v) is 8.51. The Balaban J connectivity index is 1.09. The standard InChI is InChI=1S/C34H37N5O4/c1-23-19-31(34(42)39-17-11-27(12-18-39)32(40)26-7-9-29(43-2)10-8-26)36-21-30(23)33(41)37-28-13-15-38(16-14-28)22-25-5-3-24(20-35)4-6-25/h3-10,19,21,27-28H,11-18,22H2,1-2H3,(H,37,41). The Kier molecular flexibility index (Phi) is 9.48. The number of benzene rings is 2. The third-order valence-electron chi connectivity index (χ3n) is 8.51. The van der Waals surface area contributed by atoms with Crippen LogP contribution >= 0.6 is 0 Å². The maximum absolute atomic E-state index is 13.2. The number of nitrogens with one attached hydrogen (secondary N) is 1. The molecule has 1 N–H and O–H groups in total. The van der Waals surface area contributed by atoms with Crippen LogP contribution in [0.5, 0.6) is 5.75 Å². The molecule has 43 heavy (non-hydrogen) atoms. The number of likely N-dealkylation sites (tertiary alicyclic amines) is 2. The van der Waals surface area contributed by atoms with Crippen LogP contribution in [0.15, 0.2) is 60.8 Å². The van der Waals surface area contributed by atoms with E-state index in [1.54, 1.807) is 42.3 Å². The van der Waals surface area contributed by atoms with E-state index in [9.17, 15) is 14.4 Å². The Morgan fingerprint density at radius 2 is 1.65 bits per heavy atom. The fourth-order valence-corrected chi connectivity index (χ4v) is 5.85. The average Bonchev–Trinajstić information content (AvgIpc) is 3.05. The molecule has 0 spiro atoms. The Morgan fingerprint density at radius 3 is 2.26 bits per heavy atom. The fourth-order valence-electron chi connectivity index (χ4n) is 5.85. The predicted octanol–water partition coefficient (Wildman–Crippen LogP) is 4.40. The smallest absolute Gasteiger partial charge is 0.272 e. The van der Waals surface area contributed by atoms with Gasteiger partial charge in [0.15, 0.2) is 5.78 Å². The van der Waals surface area contributed by atoms with Crippen molar-refractivity contribution in [2.45, 2.75) is 45.2 Å². The van der Waals surface area contributed by atoms with Crippen molar-refractivity contribution >= 4 is 17.6 Å². The number of methoxy groups -OCH3 is 1. The molecule has 0 saturated carbocycles. The van der Waals surface area contributed by atoms with Gasteiger partial charge in [0, 0.05) is 56.4 Å². The van der Waals surface area contributed by atoms with Gasteiger partial charge >= 0.3 is 0 Å². The summed E-state index contributed by atoms with van der Waals surface area (Å²) in [6.45, 7) is 5.36. The van der Waals surface area contributed by atoms with Gasteiger partial charge in [-0.15, -0.1) is 0 Å². The molecule has 0 atom stereocenters. The van der Waals surface area contributed by atoms with E-state index < -0.39 is 0 Å². The first-order valence-corrected chi connectivity index (χ1v) is 14.8. The second kappa shape index (κ2) is 13.6. The van der Waals surface area contributed by atoms with Gasteiger partial charge < -0.3 is 15.0 Å². The number of nitrogens with zero attached hydrogens (tertiary/aromatic N) is 4. The molecule has 2 aliphatic rings. The van der Waals surface area contributed by atoms with Crippen molar-refractivity contribution in [1.29, 1.82) is 5.26 Å². The number of ether oxygens (including phenoxy) is 1. The quantitative estimate of drug-likeness (QED) is 0.393. The van der Waals surface area contributed by atoms with Crippen LogP contribution in [-0.2, 0) is 6.54 Å². The van der Waals surface area contributed by atoms with Crippen molar-refractivity contribution in [3.63, 3.8) is 0 Å². The molecule has 222 valence electrons. The van der Waals surface area contributed by atoms with Crippen LogP contribution in [0.3, 0.4) is 0 Å². The van der Waals surface area contributed by atoms with Crippen molar-refractivity contribution in [1.82, 2.24) is 20.1 Å². The van der Waals surface area contributed by atoms with Crippen molar-refractivity contribution in [3.8, 4) is 11.8 Å². The van der Waals surface area contributed by atoms with Gasteiger partial charge in [0.25, 0.3) is 11.8 Å². The molecule has 9 heteroatoms. The lowest BCUT2D eigenvalue weighted by Crippen LogP contribution is -2.44. The first kappa shape index (κ1) is 29.9. The first-order valence-electron chi connectivity index (χ1n) is 14.8. The number of aromatic nitrogens is 1. The molecule has 2 saturated heterocycles. The Bertz CT molecular complexity index is 1500. The van der Waals surface area contributed by atoms with Crippen LogP contribution in [0, 0.1) is 24.2 Å². The maximum atomic E-state index is 13.2. The Morgan fingerprint density at radius 1 is 0.977 bits per heavy atom. The SMILES string of the molecule is COc1ccc(C(=O)C2CCN(C(=O)c3cc(C)c(C(=O)NC4CCN(Cc5ccc(C#N)cc5)CC4)cn3)CC2)cc1. The Hall–Kier alpha value is -4.55. The van der Waals surface area contributed by atoms with Gasteiger partial charge in [0.05, 0.1) is 24.3 Å². The van der Waals surface area contributed by atoms with Crippen molar-refractivity contribution in [2.24, 2.45) is 5.92 Å². The van der Waals surface area contributed by atoms with Gasteiger partial charge in [-0.1, -0.05) is 12.1 Å². The highest BCUT2D eigenvalue weighted by atomic mass is 16.5.